The summed E-state index contributed by atoms with van der Waals surface area (Å²) in [4.78, 5) is 38.9. The lowest BCUT2D eigenvalue weighted by Gasteiger charge is -2.25. The first-order valence-electron chi connectivity index (χ1n) is 11.5. The minimum Gasteiger partial charge on any atom is -0.490 e. The summed E-state index contributed by atoms with van der Waals surface area (Å²) in [6.45, 7) is 6.32. The summed E-state index contributed by atoms with van der Waals surface area (Å²) in [5.74, 6) is -0.0243. The van der Waals surface area contributed by atoms with E-state index in [0.29, 0.717) is 42.5 Å². The van der Waals surface area contributed by atoms with Gasteiger partial charge in [-0.1, -0.05) is 36.4 Å². The molecule has 2 heterocycles. The Balaban J connectivity index is 1.68. The van der Waals surface area contributed by atoms with Crippen molar-refractivity contribution in [2.24, 2.45) is 0 Å². The maximum atomic E-state index is 13.1. The van der Waals surface area contributed by atoms with Crippen LogP contribution in [-0.2, 0) is 29.2 Å². The number of rotatable bonds is 10. The average molecular weight is 487 g/mol. The van der Waals surface area contributed by atoms with Crippen molar-refractivity contribution >= 4 is 23.9 Å². The van der Waals surface area contributed by atoms with Crippen molar-refractivity contribution < 1.29 is 28.3 Å². The van der Waals surface area contributed by atoms with Gasteiger partial charge in [-0.15, -0.1) is 6.58 Å². The summed E-state index contributed by atoms with van der Waals surface area (Å²) < 4.78 is 17.2. The Labute approximate surface area is 208 Å². The van der Waals surface area contributed by atoms with Crippen LogP contribution < -0.4 is 14.8 Å². The summed E-state index contributed by atoms with van der Waals surface area (Å²) >= 11 is 0. The molecule has 2 aromatic carbocycles. The van der Waals surface area contributed by atoms with Crippen molar-refractivity contribution in [2.45, 2.75) is 26.5 Å². The van der Waals surface area contributed by atoms with Crippen molar-refractivity contribution in [1.82, 2.24) is 10.2 Å². The van der Waals surface area contributed by atoms with Gasteiger partial charge in [0, 0.05) is 5.56 Å². The molecular formula is C28H26N2O6. The minimum absolute atomic E-state index is 0.0968. The Morgan fingerprint density at radius 2 is 1.86 bits per heavy atom. The van der Waals surface area contributed by atoms with Crippen molar-refractivity contribution in [3.05, 3.63) is 102 Å². The smallest absolute Gasteiger partial charge is 0.331 e. The van der Waals surface area contributed by atoms with Gasteiger partial charge in [-0.05, 0) is 54.8 Å². The first-order chi connectivity index (χ1) is 17.5. The lowest BCUT2D eigenvalue weighted by Crippen LogP contribution is -2.53. The highest BCUT2D eigenvalue weighted by molar-refractivity contribution is 6.30. The summed E-state index contributed by atoms with van der Waals surface area (Å²) in [5, 5.41) is 2.22. The van der Waals surface area contributed by atoms with E-state index in [4.69, 9.17) is 13.9 Å². The summed E-state index contributed by atoms with van der Waals surface area (Å²) in [6, 6.07) is 15.8. The second-order valence-electron chi connectivity index (χ2n) is 8.00. The highest BCUT2D eigenvalue weighted by atomic mass is 16.5. The molecule has 0 unspecified atom stereocenters. The predicted octanol–water partition coefficient (Wildman–Crippen LogP) is 4.65. The quantitative estimate of drug-likeness (QED) is 0.255. The lowest BCUT2D eigenvalue weighted by atomic mass is 10.0. The molecule has 184 valence electrons. The molecule has 0 saturated carbocycles. The molecule has 36 heavy (non-hydrogen) atoms. The number of carbonyl (C=O) groups is 3. The van der Waals surface area contributed by atoms with E-state index in [1.807, 2.05) is 43.3 Å². The number of benzene rings is 2. The van der Waals surface area contributed by atoms with Gasteiger partial charge in [0.05, 0.1) is 19.4 Å². The maximum absolute atomic E-state index is 13.1. The lowest BCUT2D eigenvalue weighted by molar-refractivity contribution is -0.130. The Morgan fingerprint density at radius 1 is 1.06 bits per heavy atom. The molecule has 1 aromatic heterocycles. The molecule has 0 radical (unpaired) electrons. The number of amides is 4. The highest BCUT2D eigenvalue weighted by Crippen LogP contribution is 2.35. The van der Waals surface area contributed by atoms with E-state index in [-0.39, 0.29) is 12.1 Å². The Kier molecular flexibility index (Phi) is 7.65. The van der Waals surface area contributed by atoms with Gasteiger partial charge in [-0.25, -0.2) is 4.79 Å². The molecule has 8 nitrogen and oxygen atoms in total. The van der Waals surface area contributed by atoms with Crippen LogP contribution in [-0.4, -0.2) is 29.4 Å². The van der Waals surface area contributed by atoms with Crippen molar-refractivity contribution in [1.29, 1.82) is 0 Å². The Bertz CT molecular complexity index is 1300. The standard InChI is InChI=1S/C28H26N2O6/c1-3-9-21-14-20(16-24(34-4-2)25(21)36-18-19-10-6-5-7-11-19)15-23-26(31)29-28(33)30(27(23)32)17-22-12-8-13-35-22/h3,5-8,10-16H,1,4,9,17-18H2,2H3,(H,29,31,33). The van der Waals surface area contributed by atoms with Crippen LogP contribution in [0.4, 0.5) is 4.79 Å². The number of urea groups is 1. The zero-order valence-corrected chi connectivity index (χ0v) is 19.9. The third-order valence-electron chi connectivity index (χ3n) is 5.44. The second-order valence-corrected chi connectivity index (χ2v) is 8.00. The van der Waals surface area contributed by atoms with Crippen LogP contribution in [0.5, 0.6) is 11.5 Å². The predicted molar refractivity (Wildman–Crippen MR) is 133 cm³/mol. The zero-order valence-electron chi connectivity index (χ0n) is 19.9. The number of hydrogen-bond acceptors (Lipinski definition) is 6. The molecule has 1 aliphatic heterocycles. The Hall–Kier alpha value is -4.59. The molecule has 4 rings (SSSR count). The molecule has 4 amide bonds. The first-order valence-corrected chi connectivity index (χ1v) is 11.5. The topological polar surface area (TPSA) is 98.1 Å². The number of allylic oxidation sites excluding steroid dienone is 1. The number of nitrogens with zero attached hydrogens (tertiary/aromatic N) is 1. The fourth-order valence-corrected chi connectivity index (χ4v) is 3.79. The van der Waals surface area contributed by atoms with Crippen molar-refractivity contribution in [2.75, 3.05) is 6.61 Å². The van der Waals surface area contributed by atoms with Crippen LogP contribution in [0.25, 0.3) is 6.08 Å². The zero-order chi connectivity index (χ0) is 25.5. The number of barbiturate groups is 1. The summed E-state index contributed by atoms with van der Waals surface area (Å²) in [5.41, 5.74) is 2.16. The van der Waals surface area contributed by atoms with Gasteiger partial charge in [-0.2, -0.15) is 0 Å². The van der Waals surface area contributed by atoms with Gasteiger partial charge in [0.15, 0.2) is 11.5 Å². The number of imide groups is 2. The molecule has 0 atom stereocenters. The number of hydrogen-bond donors (Lipinski definition) is 1. The molecule has 1 N–H and O–H groups in total. The van der Waals surface area contributed by atoms with Crippen LogP contribution in [0.15, 0.2) is 83.5 Å². The third kappa shape index (κ3) is 5.55. The van der Waals surface area contributed by atoms with E-state index in [9.17, 15) is 14.4 Å². The van der Waals surface area contributed by atoms with Gasteiger partial charge < -0.3 is 13.9 Å². The van der Waals surface area contributed by atoms with Gasteiger partial charge in [0.25, 0.3) is 11.8 Å². The molecule has 0 spiro atoms. The average Bonchev–Trinajstić information content (AvgIpc) is 3.38. The molecular weight excluding hydrogens is 460 g/mol. The van der Waals surface area contributed by atoms with Gasteiger partial charge >= 0.3 is 6.03 Å². The molecule has 1 fully saturated rings. The monoisotopic (exact) mass is 486 g/mol. The number of nitrogens with one attached hydrogen (secondary N) is 1. The molecule has 1 aliphatic rings. The van der Waals surface area contributed by atoms with E-state index >= 15 is 0 Å². The van der Waals surface area contributed by atoms with E-state index in [0.717, 1.165) is 16.0 Å². The summed E-state index contributed by atoms with van der Waals surface area (Å²) in [7, 11) is 0. The van der Waals surface area contributed by atoms with E-state index in [2.05, 4.69) is 11.9 Å². The second kappa shape index (κ2) is 11.2. The third-order valence-corrected chi connectivity index (χ3v) is 5.44. The molecule has 0 bridgehead atoms. The molecule has 1 saturated heterocycles. The van der Waals surface area contributed by atoms with Gasteiger partial charge in [0.1, 0.15) is 17.9 Å². The SMILES string of the molecule is C=CCc1cc(C=C2C(=O)NC(=O)N(Cc3ccco3)C2=O)cc(OCC)c1OCc1ccccc1. The largest absolute Gasteiger partial charge is 0.490 e. The normalized spacial score (nSPS) is 14.6. The maximum Gasteiger partial charge on any atom is 0.331 e. The molecule has 8 heteroatoms. The van der Waals surface area contributed by atoms with Crippen LogP contribution in [0.3, 0.4) is 0 Å². The number of furan rings is 1. The fraction of sp³-hybridized carbons (Fsp3) is 0.179. The van der Waals surface area contributed by atoms with Crippen LogP contribution >= 0.6 is 0 Å². The fourth-order valence-electron chi connectivity index (χ4n) is 3.79. The minimum atomic E-state index is -0.800. The van der Waals surface area contributed by atoms with E-state index in [1.165, 1.54) is 12.3 Å². The first kappa shape index (κ1) is 24.5. The highest BCUT2D eigenvalue weighted by Gasteiger charge is 2.36. The van der Waals surface area contributed by atoms with Crippen LogP contribution in [0.2, 0.25) is 0 Å². The van der Waals surface area contributed by atoms with Gasteiger partial charge in [0.2, 0.25) is 0 Å². The van der Waals surface area contributed by atoms with Crippen molar-refractivity contribution in [3.8, 4) is 11.5 Å². The van der Waals surface area contributed by atoms with Crippen molar-refractivity contribution in [3.63, 3.8) is 0 Å². The summed E-state index contributed by atoms with van der Waals surface area (Å²) in [6.07, 6.45) is 5.10. The van der Waals surface area contributed by atoms with E-state index in [1.54, 1.807) is 24.3 Å². The van der Waals surface area contributed by atoms with Gasteiger partial charge in [-0.3, -0.25) is 19.8 Å². The van der Waals surface area contributed by atoms with E-state index < -0.39 is 17.8 Å². The number of ether oxygens (including phenoxy) is 2. The van der Waals surface area contributed by atoms with Crippen LogP contribution in [0, 0.1) is 0 Å². The molecule has 0 aliphatic carbocycles. The Morgan fingerprint density at radius 3 is 2.56 bits per heavy atom. The number of carbonyl (C=O) groups excluding carboxylic acids is 3. The van der Waals surface area contributed by atoms with Crippen LogP contribution in [0.1, 0.15) is 29.4 Å². The molecule has 3 aromatic rings.